The number of hydrogen-bond acceptors (Lipinski definition) is 8. The van der Waals surface area contributed by atoms with Crippen molar-refractivity contribution in [2.24, 2.45) is 5.92 Å². The molecule has 1 N–H and O–H groups in total. The molecule has 0 spiro atoms. The quantitative estimate of drug-likeness (QED) is 0.443. The van der Waals surface area contributed by atoms with Crippen LogP contribution in [0.15, 0.2) is 18.2 Å². The van der Waals surface area contributed by atoms with Crippen molar-refractivity contribution in [3.63, 3.8) is 0 Å². The minimum Gasteiger partial charge on any atom is -0.452 e. The standard InChI is InChI=1S/C18H23N3O7/c1-3-27-18(24)19-16(22)11-28-17(23)13-6-7-14(15(9-13)21(25)26)20-8-4-5-12(2)10-20/h6-7,9,12H,3-5,8,10-11H2,1-2H3,(H,19,22,24)/t12-/m1/s1. The Kier molecular flexibility index (Phi) is 7.30. The summed E-state index contributed by atoms with van der Waals surface area (Å²) in [5.74, 6) is -1.34. The fourth-order valence-electron chi connectivity index (χ4n) is 3.00. The zero-order valence-electron chi connectivity index (χ0n) is 15.8. The molecule has 0 radical (unpaired) electrons. The number of carbonyl (C=O) groups excluding carboxylic acids is 3. The molecule has 1 aliphatic heterocycles. The van der Waals surface area contributed by atoms with Gasteiger partial charge in [0, 0.05) is 19.2 Å². The van der Waals surface area contributed by atoms with Gasteiger partial charge in [0.1, 0.15) is 5.69 Å². The number of hydrogen-bond donors (Lipinski definition) is 1. The number of nitrogens with zero attached hydrogens (tertiary/aromatic N) is 2. The number of nitro groups is 1. The first-order chi connectivity index (χ1) is 13.3. The van der Waals surface area contributed by atoms with Gasteiger partial charge < -0.3 is 14.4 Å². The minimum atomic E-state index is -0.945. The molecule has 10 heteroatoms. The summed E-state index contributed by atoms with van der Waals surface area (Å²) in [5, 5.41) is 13.4. The maximum absolute atomic E-state index is 12.1. The SMILES string of the molecule is CCOC(=O)NC(=O)COC(=O)c1ccc(N2CCC[C@@H](C)C2)c([N+](=O)[O-])c1. The van der Waals surface area contributed by atoms with Crippen LogP contribution in [-0.4, -0.2) is 49.2 Å². The number of benzene rings is 1. The van der Waals surface area contributed by atoms with Gasteiger partial charge in [-0.25, -0.2) is 9.59 Å². The lowest BCUT2D eigenvalue weighted by atomic mass is 9.99. The van der Waals surface area contributed by atoms with Crippen LogP contribution in [0.4, 0.5) is 16.2 Å². The summed E-state index contributed by atoms with van der Waals surface area (Å²) in [4.78, 5) is 47.6. The highest BCUT2D eigenvalue weighted by Gasteiger charge is 2.25. The molecule has 0 aliphatic carbocycles. The van der Waals surface area contributed by atoms with Gasteiger partial charge in [0.05, 0.1) is 17.1 Å². The molecule has 152 valence electrons. The summed E-state index contributed by atoms with van der Waals surface area (Å²) in [7, 11) is 0. The first-order valence-corrected chi connectivity index (χ1v) is 8.99. The van der Waals surface area contributed by atoms with E-state index in [2.05, 4.69) is 11.7 Å². The van der Waals surface area contributed by atoms with Gasteiger partial charge in [-0.2, -0.15) is 0 Å². The Hall–Kier alpha value is -3.17. The second-order valence-corrected chi connectivity index (χ2v) is 6.50. The average Bonchev–Trinajstić information content (AvgIpc) is 2.65. The van der Waals surface area contributed by atoms with E-state index in [9.17, 15) is 24.5 Å². The fraction of sp³-hybridized carbons (Fsp3) is 0.500. The number of imide groups is 1. The van der Waals surface area contributed by atoms with E-state index in [4.69, 9.17) is 4.74 Å². The first kappa shape index (κ1) is 21.1. The van der Waals surface area contributed by atoms with Gasteiger partial charge in [-0.3, -0.25) is 20.2 Å². The Morgan fingerprint density at radius 3 is 2.71 bits per heavy atom. The van der Waals surface area contributed by atoms with Crippen LogP contribution in [0.3, 0.4) is 0 Å². The number of carbonyl (C=O) groups is 3. The lowest BCUT2D eigenvalue weighted by molar-refractivity contribution is -0.384. The zero-order valence-corrected chi connectivity index (χ0v) is 15.8. The second kappa shape index (κ2) is 9.67. The summed E-state index contributed by atoms with van der Waals surface area (Å²) in [6.45, 7) is 4.46. The lowest BCUT2D eigenvalue weighted by Gasteiger charge is -2.32. The van der Waals surface area contributed by atoms with Gasteiger partial charge in [-0.05, 0) is 37.8 Å². The van der Waals surface area contributed by atoms with Crippen LogP contribution in [0.1, 0.15) is 37.0 Å². The van der Waals surface area contributed by atoms with Gasteiger partial charge >= 0.3 is 12.1 Å². The van der Waals surface area contributed by atoms with Gasteiger partial charge in [0.25, 0.3) is 11.6 Å². The second-order valence-electron chi connectivity index (χ2n) is 6.50. The van der Waals surface area contributed by atoms with E-state index < -0.39 is 29.5 Å². The molecule has 1 atom stereocenters. The molecule has 1 heterocycles. The average molecular weight is 393 g/mol. The van der Waals surface area contributed by atoms with E-state index in [1.54, 1.807) is 6.92 Å². The van der Waals surface area contributed by atoms with Crippen molar-refractivity contribution in [1.82, 2.24) is 5.32 Å². The van der Waals surface area contributed by atoms with E-state index in [-0.39, 0.29) is 17.9 Å². The number of nitrogens with one attached hydrogen (secondary N) is 1. The van der Waals surface area contributed by atoms with E-state index in [1.807, 2.05) is 10.2 Å². The molecule has 2 rings (SSSR count). The first-order valence-electron chi connectivity index (χ1n) is 8.99. The van der Waals surface area contributed by atoms with E-state index in [0.29, 0.717) is 24.7 Å². The van der Waals surface area contributed by atoms with Crippen LogP contribution >= 0.6 is 0 Å². The molecular formula is C18H23N3O7. The number of ether oxygens (including phenoxy) is 2. The highest BCUT2D eigenvalue weighted by Crippen LogP contribution is 2.32. The van der Waals surface area contributed by atoms with Gasteiger partial charge in [-0.1, -0.05) is 6.92 Å². The van der Waals surface area contributed by atoms with Crippen LogP contribution in [0.25, 0.3) is 0 Å². The third-order valence-electron chi connectivity index (χ3n) is 4.26. The van der Waals surface area contributed by atoms with Crippen molar-refractivity contribution in [1.29, 1.82) is 0 Å². The molecule has 0 saturated carbocycles. The molecule has 0 unspecified atom stereocenters. The number of piperidine rings is 1. The van der Waals surface area contributed by atoms with Gasteiger partial charge in [0.15, 0.2) is 6.61 Å². The Labute approximate surface area is 161 Å². The summed E-state index contributed by atoms with van der Waals surface area (Å²) in [5.41, 5.74) is 0.206. The third-order valence-corrected chi connectivity index (χ3v) is 4.26. The lowest BCUT2D eigenvalue weighted by Crippen LogP contribution is -2.35. The predicted octanol–water partition coefficient (Wildman–Crippen LogP) is 2.26. The summed E-state index contributed by atoms with van der Waals surface area (Å²) in [6, 6.07) is 4.08. The Morgan fingerprint density at radius 2 is 2.07 bits per heavy atom. The Morgan fingerprint density at radius 1 is 1.32 bits per heavy atom. The molecule has 10 nitrogen and oxygen atoms in total. The van der Waals surface area contributed by atoms with Gasteiger partial charge in [0.2, 0.25) is 0 Å². The molecular weight excluding hydrogens is 370 g/mol. The highest BCUT2D eigenvalue weighted by atomic mass is 16.6. The minimum absolute atomic E-state index is 0.0514. The Bertz CT molecular complexity index is 766. The third kappa shape index (κ3) is 5.66. The van der Waals surface area contributed by atoms with E-state index in [0.717, 1.165) is 18.9 Å². The summed E-state index contributed by atoms with van der Waals surface area (Å²) in [6.07, 6.45) is 1.07. The van der Waals surface area contributed by atoms with Crippen molar-refractivity contribution >= 4 is 29.3 Å². The number of alkyl carbamates (subject to hydrolysis) is 1. The topological polar surface area (TPSA) is 128 Å². The van der Waals surface area contributed by atoms with Crippen LogP contribution < -0.4 is 10.2 Å². The fourth-order valence-corrected chi connectivity index (χ4v) is 3.00. The molecule has 1 aliphatic rings. The number of esters is 1. The smallest absolute Gasteiger partial charge is 0.413 e. The molecule has 1 saturated heterocycles. The molecule has 1 aromatic rings. The van der Waals surface area contributed by atoms with Crippen molar-refractivity contribution in [3.05, 3.63) is 33.9 Å². The largest absolute Gasteiger partial charge is 0.452 e. The Balaban J connectivity index is 2.06. The molecule has 1 fully saturated rings. The van der Waals surface area contributed by atoms with Crippen molar-refractivity contribution in [2.75, 3.05) is 31.2 Å². The molecule has 0 bridgehead atoms. The number of amides is 2. The van der Waals surface area contributed by atoms with Crippen molar-refractivity contribution in [2.45, 2.75) is 26.7 Å². The maximum atomic E-state index is 12.1. The number of anilines is 1. The van der Waals surface area contributed by atoms with Crippen molar-refractivity contribution < 1.29 is 28.8 Å². The van der Waals surface area contributed by atoms with Crippen LogP contribution in [0.5, 0.6) is 0 Å². The van der Waals surface area contributed by atoms with Crippen LogP contribution in [-0.2, 0) is 14.3 Å². The molecule has 28 heavy (non-hydrogen) atoms. The van der Waals surface area contributed by atoms with E-state index in [1.165, 1.54) is 12.1 Å². The molecule has 1 aromatic carbocycles. The summed E-state index contributed by atoms with van der Waals surface area (Å²) >= 11 is 0. The number of nitro benzene ring substituents is 1. The number of rotatable bonds is 6. The normalized spacial score (nSPS) is 16.2. The molecule has 2 amide bonds. The van der Waals surface area contributed by atoms with E-state index >= 15 is 0 Å². The predicted molar refractivity (Wildman–Crippen MR) is 99.2 cm³/mol. The van der Waals surface area contributed by atoms with Gasteiger partial charge in [-0.15, -0.1) is 0 Å². The highest BCUT2D eigenvalue weighted by molar-refractivity contribution is 5.96. The summed E-state index contributed by atoms with van der Waals surface area (Å²) < 4.78 is 9.34. The maximum Gasteiger partial charge on any atom is 0.413 e. The van der Waals surface area contributed by atoms with Crippen LogP contribution in [0, 0.1) is 16.0 Å². The van der Waals surface area contributed by atoms with Crippen LogP contribution in [0.2, 0.25) is 0 Å². The molecule has 0 aromatic heterocycles. The monoisotopic (exact) mass is 393 g/mol. The zero-order chi connectivity index (χ0) is 20.7. The van der Waals surface area contributed by atoms with Crippen molar-refractivity contribution in [3.8, 4) is 0 Å².